The summed E-state index contributed by atoms with van der Waals surface area (Å²) in [4.78, 5) is 11.0. The summed E-state index contributed by atoms with van der Waals surface area (Å²) in [6.45, 7) is -0.0963. The number of hydrogen-bond acceptors (Lipinski definition) is 3. The first kappa shape index (κ1) is 10.7. The molecule has 0 aliphatic heterocycles. The van der Waals surface area contributed by atoms with E-state index in [2.05, 4.69) is 21.2 Å². The Morgan fingerprint density at radius 2 is 2.36 bits per heavy atom. The number of carbonyl (C=O) groups excluding carboxylic acids is 1. The van der Waals surface area contributed by atoms with Gasteiger partial charge in [0.2, 0.25) is 5.91 Å². The summed E-state index contributed by atoms with van der Waals surface area (Å²) in [5, 5.41) is 11.3. The Balaban J connectivity index is 2.98. The van der Waals surface area contributed by atoms with Crippen LogP contribution in [0.2, 0.25) is 0 Å². The van der Waals surface area contributed by atoms with Gasteiger partial charge in [-0.3, -0.25) is 4.79 Å². The fourth-order valence-electron chi connectivity index (χ4n) is 0.919. The summed E-state index contributed by atoms with van der Waals surface area (Å²) in [5.74, 6) is -0.316. The van der Waals surface area contributed by atoms with Gasteiger partial charge < -0.3 is 11.1 Å². The van der Waals surface area contributed by atoms with Gasteiger partial charge in [-0.2, -0.15) is 5.26 Å². The third kappa shape index (κ3) is 2.55. The van der Waals surface area contributed by atoms with Crippen molar-refractivity contribution in [2.24, 2.45) is 5.73 Å². The summed E-state index contributed by atoms with van der Waals surface area (Å²) < 4.78 is 0.791. The third-order valence-corrected chi connectivity index (χ3v) is 2.05. The number of rotatable bonds is 2. The van der Waals surface area contributed by atoms with Crippen LogP contribution in [-0.4, -0.2) is 12.5 Å². The average molecular weight is 254 g/mol. The number of nitrogens with two attached hydrogens (primary N) is 1. The van der Waals surface area contributed by atoms with Gasteiger partial charge in [0.15, 0.2) is 0 Å². The van der Waals surface area contributed by atoms with Crippen LogP contribution in [0.3, 0.4) is 0 Å². The van der Waals surface area contributed by atoms with E-state index in [4.69, 9.17) is 11.0 Å². The quantitative estimate of drug-likeness (QED) is 0.832. The summed E-state index contributed by atoms with van der Waals surface area (Å²) in [6, 6.07) is 7.00. The van der Waals surface area contributed by atoms with Gasteiger partial charge in [-0.15, -0.1) is 0 Å². The van der Waals surface area contributed by atoms with Crippen LogP contribution in [0.25, 0.3) is 0 Å². The first-order valence-electron chi connectivity index (χ1n) is 3.87. The van der Waals surface area contributed by atoms with Crippen LogP contribution in [-0.2, 0) is 4.79 Å². The number of hydrogen-bond donors (Lipinski definition) is 2. The van der Waals surface area contributed by atoms with E-state index in [0.717, 1.165) is 4.47 Å². The van der Waals surface area contributed by atoms with Gasteiger partial charge in [-0.25, -0.2) is 0 Å². The van der Waals surface area contributed by atoms with Gasteiger partial charge in [0.25, 0.3) is 0 Å². The zero-order valence-electron chi connectivity index (χ0n) is 7.25. The Bertz CT molecular complexity index is 398. The van der Waals surface area contributed by atoms with Crippen LogP contribution < -0.4 is 11.1 Å². The van der Waals surface area contributed by atoms with E-state index < -0.39 is 0 Å². The van der Waals surface area contributed by atoms with Gasteiger partial charge in [0.1, 0.15) is 6.07 Å². The lowest BCUT2D eigenvalue weighted by Gasteiger charge is -2.05. The topological polar surface area (TPSA) is 78.9 Å². The lowest BCUT2D eigenvalue weighted by molar-refractivity contribution is -0.114. The maximum absolute atomic E-state index is 11.0. The molecular weight excluding hydrogens is 246 g/mol. The van der Waals surface area contributed by atoms with Gasteiger partial charge >= 0.3 is 0 Å². The Morgan fingerprint density at radius 1 is 1.64 bits per heavy atom. The molecule has 0 fully saturated rings. The smallest absolute Gasteiger partial charge is 0.238 e. The minimum Gasteiger partial charge on any atom is -0.324 e. The Hall–Kier alpha value is -1.38. The van der Waals surface area contributed by atoms with Crippen LogP contribution in [0.5, 0.6) is 0 Å². The molecule has 0 saturated carbocycles. The molecule has 0 spiro atoms. The molecule has 0 saturated heterocycles. The molecule has 0 bridgehead atoms. The van der Waals surface area contributed by atoms with Crippen molar-refractivity contribution in [3.05, 3.63) is 28.2 Å². The average Bonchev–Trinajstić information content (AvgIpc) is 2.20. The van der Waals surface area contributed by atoms with Gasteiger partial charge in [-0.1, -0.05) is 15.9 Å². The normalized spacial score (nSPS) is 9.21. The predicted octanol–water partition coefficient (Wildman–Crippen LogP) is 1.22. The molecule has 1 aromatic carbocycles. The highest BCUT2D eigenvalue weighted by molar-refractivity contribution is 9.10. The molecule has 0 unspecified atom stereocenters. The first-order chi connectivity index (χ1) is 6.67. The zero-order valence-corrected chi connectivity index (χ0v) is 8.84. The first-order valence-corrected chi connectivity index (χ1v) is 4.66. The molecule has 4 nitrogen and oxygen atoms in total. The van der Waals surface area contributed by atoms with E-state index in [0.29, 0.717) is 11.3 Å². The van der Waals surface area contributed by atoms with Crippen molar-refractivity contribution >= 4 is 27.5 Å². The van der Waals surface area contributed by atoms with E-state index in [9.17, 15) is 4.79 Å². The Morgan fingerprint density at radius 3 is 2.93 bits per heavy atom. The molecule has 1 rings (SSSR count). The van der Waals surface area contributed by atoms with Crippen LogP contribution >= 0.6 is 15.9 Å². The molecule has 3 N–H and O–H groups in total. The minimum atomic E-state index is -0.316. The SMILES string of the molecule is N#Cc1cc(Br)ccc1NC(=O)CN. The highest BCUT2D eigenvalue weighted by Gasteiger charge is 2.05. The number of nitrogens with zero attached hydrogens (tertiary/aromatic N) is 1. The fraction of sp³-hybridized carbons (Fsp3) is 0.111. The number of amides is 1. The maximum Gasteiger partial charge on any atom is 0.238 e. The lowest BCUT2D eigenvalue weighted by Crippen LogP contribution is -2.22. The molecule has 14 heavy (non-hydrogen) atoms. The third-order valence-electron chi connectivity index (χ3n) is 1.56. The predicted molar refractivity (Wildman–Crippen MR) is 56.5 cm³/mol. The number of nitriles is 1. The molecule has 0 atom stereocenters. The van der Waals surface area contributed by atoms with Crippen molar-refractivity contribution in [1.82, 2.24) is 0 Å². The van der Waals surface area contributed by atoms with E-state index in [1.54, 1.807) is 18.2 Å². The van der Waals surface area contributed by atoms with E-state index in [-0.39, 0.29) is 12.5 Å². The standard InChI is InChI=1S/C9H8BrN3O/c10-7-1-2-8(6(3-7)4-11)13-9(14)5-12/h1-3H,5,12H2,(H,13,14). The van der Waals surface area contributed by atoms with Crippen LogP contribution in [0, 0.1) is 11.3 Å². The summed E-state index contributed by atoms with van der Waals surface area (Å²) >= 11 is 3.23. The minimum absolute atomic E-state index is 0.0963. The number of benzene rings is 1. The maximum atomic E-state index is 11.0. The van der Waals surface area contributed by atoms with Gasteiger partial charge in [0.05, 0.1) is 17.8 Å². The number of anilines is 1. The van der Waals surface area contributed by atoms with E-state index >= 15 is 0 Å². The molecule has 0 heterocycles. The Kier molecular flexibility index (Phi) is 3.63. The summed E-state index contributed by atoms with van der Waals surface area (Å²) in [7, 11) is 0. The highest BCUT2D eigenvalue weighted by atomic mass is 79.9. The molecule has 0 aliphatic rings. The molecule has 0 radical (unpaired) electrons. The van der Waals surface area contributed by atoms with Crippen molar-refractivity contribution in [3.63, 3.8) is 0 Å². The molecular formula is C9H8BrN3O. The highest BCUT2D eigenvalue weighted by Crippen LogP contribution is 2.19. The van der Waals surface area contributed by atoms with E-state index in [1.807, 2.05) is 6.07 Å². The molecule has 1 aromatic rings. The van der Waals surface area contributed by atoms with Crippen LogP contribution in [0.15, 0.2) is 22.7 Å². The second-order valence-corrected chi connectivity index (χ2v) is 3.47. The zero-order chi connectivity index (χ0) is 10.6. The molecule has 0 aliphatic carbocycles. The second kappa shape index (κ2) is 4.74. The molecule has 0 aromatic heterocycles. The number of carbonyl (C=O) groups is 1. The second-order valence-electron chi connectivity index (χ2n) is 2.55. The largest absolute Gasteiger partial charge is 0.324 e. The van der Waals surface area contributed by atoms with E-state index in [1.165, 1.54) is 0 Å². The van der Waals surface area contributed by atoms with Crippen molar-refractivity contribution in [1.29, 1.82) is 5.26 Å². The van der Waals surface area contributed by atoms with Crippen molar-refractivity contribution < 1.29 is 4.79 Å². The van der Waals surface area contributed by atoms with Crippen molar-refractivity contribution in [3.8, 4) is 6.07 Å². The number of nitrogens with one attached hydrogen (secondary N) is 1. The van der Waals surface area contributed by atoms with Gasteiger partial charge in [0, 0.05) is 4.47 Å². The summed E-state index contributed by atoms with van der Waals surface area (Å²) in [5.41, 5.74) is 6.02. The summed E-state index contributed by atoms with van der Waals surface area (Å²) in [6.07, 6.45) is 0. The fourth-order valence-corrected chi connectivity index (χ4v) is 1.28. The molecule has 1 amide bonds. The van der Waals surface area contributed by atoms with Crippen LogP contribution in [0.1, 0.15) is 5.56 Å². The van der Waals surface area contributed by atoms with Gasteiger partial charge in [-0.05, 0) is 18.2 Å². The molecule has 5 heteroatoms. The number of halogens is 1. The van der Waals surface area contributed by atoms with Crippen LogP contribution in [0.4, 0.5) is 5.69 Å². The lowest BCUT2D eigenvalue weighted by atomic mass is 10.2. The molecule has 72 valence electrons. The Labute approximate surface area is 89.8 Å². The van der Waals surface area contributed by atoms with Crippen molar-refractivity contribution in [2.75, 3.05) is 11.9 Å². The van der Waals surface area contributed by atoms with Crippen molar-refractivity contribution in [2.45, 2.75) is 0 Å². The monoisotopic (exact) mass is 253 g/mol.